The van der Waals surface area contributed by atoms with Crippen LogP contribution in [0.15, 0.2) is 48.5 Å². The van der Waals surface area contributed by atoms with Crippen LogP contribution in [0, 0.1) is 22.7 Å². The van der Waals surface area contributed by atoms with Gasteiger partial charge in [-0.25, -0.2) is 4.79 Å². The van der Waals surface area contributed by atoms with E-state index in [4.69, 9.17) is 11.6 Å². The number of nitriles is 2. The van der Waals surface area contributed by atoms with Crippen LogP contribution in [0.1, 0.15) is 21.6 Å². The van der Waals surface area contributed by atoms with Gasteiger partial charge in [-0.15, -0.1) is 0 Å². The van der Waals surface area contributed by atoms with Gasteiger partial charge in [0.25, 0.3) is 0 Å². The topological polar surface area (TPSA) is 89.8 Å². The maximum absolute atomic E-state index is 11.6. The van der Waals surface area contributed by atoms with Crippen molar-refractivity contribution in [3.63, 3.8) is 0 Å². The number of carbonyl (C=O) groups is 1. The highest BCUT2D eigenvalue weighted by molar-refractivity contribution is 6.32. The van der Waals surface area contributed by atoms with Crippen LogP contribution in [0.5, 0.6) is 0 Å². The Morgan fingerprint density at radius 2 is 1.65 bits per heavy atom. The van der Waals surface area contributed by atoms with Gasteiger partial charge in [0, 0.05) is 12.6 Å². The maximum Gasteiger partial charge on any atom is 0.353 e. The predicted octanol–water partition coefficient (Wildman–Crippen LogP) is 4.45. The molecule has 1 N–H and O–H groups in total. The van der Waals surface area contributed by atoms with Crippen LogP contribution in [-0.2, 0) is 7.05 Å². The summed E-state index contributed by atoms with van der Waals surface area (Å²) in [5.74, 6) is -1.16. The maximum atomic E-state index is 11.6. The lowest BCUT2D eigenvalue weighted by molar-refractivity contribution is 0.0687. The standard InChI is InChI=1S/C20H12ClN3O2/c1-24-18(20(25)26)17(16(11-23)19(24)21)13-8-6-12(7-9-13)15-5-3-2-4-14(15)10-22/h2-9H,1H3,(H,25,26). The number of benzene rings is 2. The van der Waals surface area contributed by atoms with Crippen LogP contribution < -0.4 is 0 Å². The number of aromatic carboxylic acids is 1. The van der Waals surface area contributed by atoms with Crippen molar-refractivity contribution in [2.24, 2.45) is 7.05 Å². The molecule has 0 aliphatic carbocycles. The molecule has 1 aromatic heterocycles. The van der Waals surface area contributed by atoms with Crippen LogP contribution >= 0.6 is 11.6 Å². The minimum absolute atomic E-state index is 0.0447. The summed E-state index contributed by atoms with van der Waals surface area (Å²) in [6, 6.07) is 18.4. The third-order valence-electron chi connectivity index (χ3n) is 4.17. The van der Waals surface area contributed by atoms with Gasteiger partial charge in [-0.3, -0.25) is 0 Å². The third kappa shape index (κ3) is 2.71. The van der Waals surface area contributed by atoms with E-state index in [9.17, 15) is 20.4 Å². The molecule has 0 unspecified atom stereocenters. The first kappa shape index (κ1) is 17.3. The average Bonchev–Trinajstić information content (AvgIpc) is 2.92. The number of nitrogens with zero attached hydrogens (tertiary/aromatic N) is 3. The van der Waals surface area contributed by atoms with Gasteiger partial charge < -0.3 is 9.67 Å². The zero-order chi connectivity index (χ0) is 18.8. The number of rotatable bonds is 3. The molecule has 0 aliphatic rings. The lowest BCUT2D eigenvalue weighted by Gasteiger charge is -2.07. The Bertz CT molecular complexity index is 1100. The second-order valence-electron chi connectivity index (χ2n) is 5.60. The highest BCUT2D eigenvalue weighted by atomic mass is 35.5. The lowest BCUT2D eigenvalue weighted by atomic mass is 9.96. The van der Waals surface area contributed by atoms with Gasteiger partial charge in [0.2, 0.25) is 0 Å². The zero-order valence-electron chi connectivity index (χ0n) is 13.7. The van der Waals surface area contributed by atoms with Gasteiger partial charge in [-0.05, 0) is 22.8 Å². The largest absolute Gasteiger partial charge is 0.477 e. The molecule has 0 radical (unpaired) electrons. The molecule has 26 heavy (non-hydrogen) atoms. The highest BCUT2D eigenvalue weighted by Crippen LogP contribution is 2.36. The summed E-state index contributed by atoms with van der Waals surface area (Å²) >= 11 is 6.12. The van der Waals surface area contributed by atoms with Gasteiger partial charge in [-0.2, -0.15) is 10.5 Å². The molecule has 0 saturated heterocycles. The number of carboxylic acid groups (broad SMARTS) is 1. The van der Waals surface area contributed by atoms with E-state index < -0.39 is 5.97 Å². The summed E-state index contributed by atoms with van der Waals surface area (Å²) in [4.78, 5) is 11.6. The molecule has 3 rings (SSSR count). The Morgan fingerprint density at radius 1 is 1.04 bits per heavy atom. The van der Waals surface area contributed by atoms with Crippen molar-refractivity contribution < 1.29 is 9.90 Å². The quantitative estimate of drug-likeness (QED) is 0.746. The minimum atomic E-state index is -1.16. The van der Waals surface area contributed by atoms with E-state index in [0.717, 1.165) is 11.1 Å². The van der Waals surface area contributed by atoms with Crippen molar-refractivity contribution in [1.29, 1.82) is 10.5 Å². The molecule has 0 spiro atoms. The monoisotopic (exact) mass is 361 g/mol. The first-order valence-electron chi connectivity index (χ1n) is 7.61. The minimum Gasteiger partial charge on any atom is -0.477 e. The van der Waals surface area contributed by atoms with Crippen molar-refractivity contribution in [2.75, 3.05) is 0 Å². The first-order chi connectivity index (χ1) is 12.5. The number of hydrogen-bond donors (Lipinski definition) is 1. The molecule has 0 bridgehead atoms. The van der Waals surface area contributed by atoms with Gasteiger partial charge in [0.15, 0.2) is 0 Å². The van der Waals surface area contributed by atoms with Crippen LogP contribution in [0.3, 0.4) is 0 Å². The summed E-state index contributed by atoms with van der Waals surface area (Å²) in [5.41, 5.74) is 3.09. The van der Waals surface area contributed by atoms with Gasteiger partial charge >= 0.3 is 5.97 Å². The van der Waals surface area contributed by atoms with Crippen molar-refractivity contribution in [1.82, 2.24) is 4.57 Å². The van der Waals surface area contributed by atoms with Crippen molar-refractivity contribution in [2.45, 2.75) is 0 Å². The van der Waals surface area contributed by atoms with Crippen molar-refractivity contribution >= 4 is 17.6 Å². The summed E-state index contributed by atoms with van der Waals surface area (Å²) in [6.45, 7) is 0. The van der Waals surface area contributed by atoms with E-state index in [1.54, 1.807) is 36.4 Å². The molecule has 1 heterocycles. The fraction of sp³-hybridized carbons (Fsp3) is 0.0500. The van der Waals surface area contributed by atoms with E-state index in [1.807, 2.05) is 18.2 Å². The Kier molecular flexibility index (Phi) is 4.49. The fourth-order valence-electron chi connectivity index (χ4n) is 2.94. The Labute approximate surface area is 154 Å². The van der Waals surface area contributed by atoms with Gasteiger partial charge in [-0.1, -0.05) is 54.1 Å². The molecule has 0 saturated carbocycles. The molecule has 3 aromatic rings. The fourth-order valence-corrected chi connectivity index (χ4v) is 3.16. The molecule has 5 nitrogen and oxygen atoms in total. The molecule has 0 amide bonds. The molecule has 2 aromatic carbocycles. The Morgan fingerprint density at radius 3 is 2.23 bits per heavy atom. The Hall–Kier alpha value is -3.54. The SMILES string of the molecule is Cn1c(Cl)c(C#N)c(-c2ccc(-c3ccccc3C#N)cc2)c1C(=O)O. The molecule has 0 aliphatic heterocycles. The Balaban J connectivity index is 2.17. The van der Waals surface area contributed by atoms with E-state index in [1.165, 1.54) is 11.6 Å². The summed E-state index contributed by atoms with van der Waals surface area (Å²) in [5, 5.41) is 28.2. The summed E-state index contributed by atoms with van der Waals surface area (Å²) in [7, 11) is 1.51. The van der Waals surface area contributed by atoms with Crippen molar-refractivity contribution in [3.8, 4) is 34.4 Å². The molecular formula is C20H12ClN3O2. The van der Waals surface area contributed by atoms with Gasteiger partial charge in [0.1, 0.15) is 16.9 Å². The number of halogens is 1. The molecular weight excluding hydrogens is 350 g/mol. The first-order valence-corrected chi connectivity index (χ1v) is 7.99. The van der Waals surface area contributed by atoms with Crippen LogP contribution in [-0.4, -0.2) is 15.6 Å². The molecule has 0 fully saturated rings. The normalized spacial score (nSPS) is 10.2. The zero-order valence-corrected chi connectivity index (χ0v) is 14.4. The van der Waals surface area contributed by atoms with E-state index in [2.05, 4.69) is 6.07 Å². The number of hydrogen-bond acceptors (Lipinski definition) is 3. The lowest BCUT2D eigenvalue weighted by Crippen LogP contribution is -2.05. The molecule has 0 atom stereocenters. The van der Waals surface area contributed by atoms with Gasteiger partial charge in [0.05, 0.1) is 17.2 Å². The number of aromatic nitrogens is 1. The molecule has 126 valence electrons. The second-order valence-corrected chi connectivity index (χ2v) is 5.96. The van der Waals surface area contributed by atoms with Crippen LogP contribution in [0.25, 0.3) is 22.3 Å². The summed E-state index contributed by atoms with van der Waals surface area (Å²) < 4.78 is 1.29. The molecule has 6 heteroatoms. The average molecular weight is 362 g/mol. The van der Waals surface area contributed by atoms with E-state index in [-0.39, 0.29) is 22.0 Å². The van der Waals surface area contributed by atoms with E-state index in [0.29, 0.717) is 11.1 Å². The van der Waals surface area contributed by atoms with Crippen LogP contribution in [0.2, 0.25) is 5.15 Å². The highest BCUT2D eigenvalue weighted by Gasteiger charge is 2.25. The van der Waals surface area contributed by atoms with Crippen LogP contribution in [0.4, 0.5) is 0 Å². The number of carboxylic acids is 1. The third-order valence-corrected chi connectivity index (χ3v) is 4.61. The van der Waals surface area contributed by atoms with Crippen molar-refractivity contribution in [3.05, 3.63) is 70.5 Å². The smallest absolute Gasteiger partial charge is 0.353 e. The predicted molar refractivity (Wildman–Crippen MR) is 97.7 cm³/mol. The summed E-state index contributed by atoms with van der Waals surface area (Å²) in [6.07, 6.45) is 0. The van der Waals surface area contributed by atoms with E-state index >= 15 is 0 Å². The second kappa shape index (κ2) is 6.76.